The van der Waals surface area contributed by atoms with Crippen molar-refractivity contribution in [2.24, 2.45) is 5.92 Å². The van der Waals surface area contributed by atoms with E-state index >= 15 is 0 Å². The summed E-state index contributed by atoms with van der Waals surface area (Å²) in [4.78, 5) is 11.6. The number of ether oxygens (including phenoxy) is 1. The van der Waals surface area contributed by atoms with E-state index in [1.165, 1.54) is 12.8 Å². The van der Waals surface area contributed by atoms with Gasteiger partial charge in [-0.2, -0.15) is 0 Å². The molecule has 0 aromatic heterocycles. The van der Waals surface area contributed by atoms with Crippen molar-refractivity contribution in [3.05, 3.63) is 0 Å². The van der Waals surface area contributed by atoms with E-state index in [-0.39, 0.29) is 11.9 Å². The van der Waals surface area contributed by atoms with Crippen LogP contribution in [0.25, 0.3) is 0 Å². The summed E-state index contributed by atoms with van der Waals surface area (Å²) in [5.41, 5.74) is 0. The predicted molar refractivity (Wildman–Crippen MR) is 49.3 cm³/mol. The maximum Gasteiger partial charge on any atom is 0.223 e. The zero-order chi connectivity index (χ0) is 9.10. The number of hydrogen-bond acceptors (Lipinski definition) is 2. The Bertz CT molecular complexity index is 181. The van der Waals surface area contributed by atoms with Crippen LogP contribution in [-0.2, 0) is 9.53 Å². The summed E-state index contributed by atoms with van der Waals surface area (Å²) in [6.07, 6.45) is 5.59. The molecule has 1 unspecified atom stereocenters. The predicted octanol–water partition coefficient (Wildman–Crippen LogP) is 1.08. The van der Waals surface area contributed by atoms with Gasteiger partial charge < -0.3 is 10.1 Å². The molecule has 1 saturated carbocycles. The zero-order valence-corrected chi connectivity index (χ0v) is 7.92. The lowest BCUT2D eigenvalue weighted by Crippen LogP contribution is -2.38. The van der Waals surface area contributed by atoms with E-state index in [0.717, 1.165) is 25.9 Å². The van der Waals surface area contributed by atoms with Gasteiger partial charge in [0.25, 0.3) is 0 Å². The highest BCUT2D eigenvalue weighted by atomic mass is 16.5. The van der Waals surface area contributed by atoms with Crippen LogP contribution in [0, 0.1) is 5.92 Å². The topological polar surface area (TPSA) is 38.3 Å². The SMILES string of the molecule is O=C(NC1CCOC1)C1CCCC1. The molecule has 3 nitrogen and oxygen atoms in total. The van der Waals surface area contributed by atoms with Crippen LogP contribution in [0.1, 0.15) is 32.1 Å². The van der Waals surface area contributed by atoms with Crippen LogP contribution >= 0.6 is 0 Å². The number of carbonyl (C=O) groups excluding carboxylic acids is 1. The van der Waals surface area contributed by atoms with Crippen LogP contribution in [0.3, 0.4) is 0 Å². The molecular weight excluding hydrogens is 166 g/mol. The summed E-state index contributed by atoms with van der Waals surface area (Å²) < 4.78 is 5.21. The average Bonchev–Trinajstić information content (AvgIpc) is 2.74. The van der Waals surface area contributed by atoms with Crippen molar-refractivity contribution in [3.8, 4) is 0 Å². The number of nitrogens with one attached hydrogen (secondary N) is 1. The number of amides is 1. The van der Waals surface area contributed by atoms with Crippen molar-refractivity contribution in [2.75, 3.05) is 13.2 Å². The Morgan fingerprint density at radius 2 is 2.00 bits per heavy atom. The molecule has 2 aliphatic rings. The molecule has 74 valence electrons. The van der Waals surface area contributed by atoms with Gasteiger partial charge in [-0.3, -0.25) is 4.79 Å². The van der Waals surface area contributed by atoms with Crippen LogP contribution in [0.5, 0.6) is 0 Å². The molecule has 3 heteroatoms. The first-order valence-electron chi connectivity index (χ1n) is 5.24. The normalized spacial score (nSPS) is 29.4. The highest BCUT2D eigenvalue weighted by Crippen LogP contribution is 2.24. The van der Waals surface area contributed by atoms with E-state index in [1.54, 1.807) is 0 Å². The Morgan fingerprint density at radius 1 is 1.23 bits per heavy atom. The monoisotopic (exact) mass is 183 g/mol. The third-order valence-electron chi connectivity index (χ3n) is 3.00. The van der Waals surface area contributed by atoms with E-state index in [2.05, 4.69) is 5.32 Å². The lowest BCUT2D eigenvalue weighted by atomic mass is 10.1. The zero-order valence-electron chi connectivity index (χ0n) is 7.92. The first kappa shape index (κ1) is 9.00. The number of hydrogen-bond donors (Lipinski definition) is 1. The van der Waals surface area contributed by atoms with Gasteiger partial charge in [0, 0.05) is 12.5 Å². The molecule has 1 heterocycles. The smallest absolute Gasteiger partial charge is 0.223 e. The van der Waals surface area contributed by atoms with Crippen LogP contribution in [-0.4, -0.2) is 25.2 Å². The van der Waals surface area contributed by atoms with Gasteiger partial charge in [0.05, 0.1) is 12.6 Å². The summed E-state index contributed by atoms with van der Waals surface area (Å²) in [7, 11) is 0. The summed E-state index contributed by atoms with van der Waals surface area (Å²) in [5, 5.41) is 3.06. The molecule has 2 fully saturated rings. The second-order valence-electron chi connectivity index (χ2n) is 4.05. The molecule has 0 radical (unpaired) electrons. The lowest BCUT2D eigenvalue weighted by molar-refractivity contribution is -0.125. The van der Waals surface area contributed by atoms with Crippen LogP contribution in [0.2, 0.25) is 0 Å². The minimum atomic E-state index is 0.257. The van der Waals surface area contributed by atoms with E-state index in [9.17, 15) is 4.79 Å². The largest absolute Gasteiger partial charge is 0.379 e. The van der Waals surface area contributed by atoms with E-state index in [4.69, 9.17) is 4.74 Å². The average molecular weight is 183 g/mol. The van der Waals surface area contributed by atoms with Crippen molar-refractivity contribution in [2.45, 2.75) is 38.1 Å². The second kappa shape index (κ2) is 4.09. The molecule has 0 bridgehead atoms. The molecule has 1 aliphatic carbocycles. The van der Waals surface area contributed by atoms with Gasteiger partial charge >= 0.3 is 0 Å². The van der Waals surface area contributed by atoms with Gasteiger partial charge in [-0.15, -0.1) is 0 Å². The van der Waals surface area contributed by atoms with Gasteiger partial charge in [0.15, 0.2) is 0 Å². The quantitative estimate of drug-likeness (QED) is 0.695. The standard InChI is InChI=1S/C10H17NO2/c12-10(8-3-1-2-4-8)11-9-5-6-13-7-9/h8-9H,1-7H2,(H,11,12). The maximum absolute atomic E-state index is 11.6. The Kier molecular flexibility index (Phi) is 2.83. The Labute approximate surface area is 78.8 Å². The molecule has 1 N–H and O–H groups in total. The van der Waals surface area contributed by atoms with E-state index in [0.29, 0.717) is 12.5 Å². The first-order valence-corrected chi connectivity index (χ1v) is 5.24. The number of carbonyl (C=O) groups is 1. The fraction of sp³-hybridized carbons (Fsp3) is 0.900. The van der Waals surface area contributed by atoms with Crippen molar-refractivity contribution < 1.29 is 9.53 Å². The molecular formula is C10H17NO2. The molecule has 1 aliphatic heterocycles. The van der Waals surface area contributed by atoms with Crippen molar-refractivity contribution in [1.82, 2.24) is 5.32 Å². The minimum Gasteiger partial charge on any atom is -0.379 e. The Morgan fingerprint density at radius 3 is 2.62 bits per heavy atom. The Hall–Kier alpha value is -0.570. The third-order valence-corrected chi connectivity index (χ3v) is 3.00. The molecule has 0 aromatic rings. The molecule has 1 amide bonds. The second-order valence-corrected chi connectivity index (χ2v) is 4.05. The van der Waals surface area contributed by atoms with E-state index < -0.39 is 0 Å². The maximum atomic E-state index is 11.6. The highest BCUT2D eigenvalue weighted by molar-refractivity contribution is 5.79. The van der Waals surface area contributed by atoms with Crippen molar-refractivity contribution in [3.63, 3.8) is 0 Å². The lowest BCUT2D eigenvalue weighted by Gasteiger charge is -2.14. The fourth-order valence-electron chi connectivity index (χ4n) is 2.16. The van der Waals surface area contributed by atoms with Gasteiger partial charge in [-0.1, -0.05) is 12.8 Å². The molecule has 13 heavy (non-hydrogen) atoms. The summed E-state index contributed by atoms with van der Waals surface area (Å²) in [5.74, 6) is 0.550. The minimum absolute atomic E-state index is 0.257. The van der Waals surface area contributed by atoms with Crippen LogP contribution in [0.15, 0.2) is 0 Å². The van der Waals surface area contributed by atoms with Gasteiger partial charge in [-0.05, 0) is 19.3 Å². The van der Waals surface area contributed by atoms with Crippen LogP contribution in [0.4, 0.5) is 0 Å². The summed E-state index contributed by atoms with van der Waals surface area (Å²) in [6.45, 7) is 1.51. The molecule has 0 spiro atoms. The van der Waals surface area contributed by atoms with Crippen molar-refractivity contribution >= 4 is 5.91 Å². The first-order chi connectivity index (χ1) is 6.36. The van der Waals surface area contributed by atoms with Crippen molar-refractivity contribution in [1.29, 1.82) is 0 Å². The Balaban J connectivity index is 1.76. The van der Waals surface area contributed by atoms with Crippen LogP contribution < -0.4 is 5.32 Å². The highest BCUT2D eigenvalue weighted by Gasteiger charge is 2.25. The summed E-state index contributed by atoms with van der Waals surface area (Å²) in [6, 6.07) is 0.285. The van der Waals surface area contributed by atoms with Gasteiger partial charge in [-0.25, -0.2) is 0 Å². The third kappa shape index (κ3) is 2.21. The summed E-state index contributed by atoms with van der Waals surface area (Å²) >= 11 is 0. The molecule has 0 aromatic carbocycles. The number of rotatable bonds is 2. The molecule has 1 atom stereocenters. The molecule has 1 saturated heterocycles. The fourth-order valence-corrected chi connectivity index (χ4v) is 2.16. The molecule has 2 rings (SSSR count). The van der Waals surface area contributed by atoms with E-state index in [1.807, 2.05) is 0 Å². The van der Waals surface area contributed by atoms with Gasteiger partial charge in [0.1, 0.15) is 0 Å². The van der Waals surface area contributed by atoms with Gasteiger partial charge in [0.2, 0.25) is 5.91 Å².